The van der Waals surface area contributed by atoms with Crippen molar-refractivity contribution in [3.05, 3.63) is 29.3 Å². The maximum absolute atomic E-state index is 11.9. The summed E-state index contributed by atoms with van der Waals surface area (Å²) in [5, 5.41) is 3.87. The minimum atomic E-state index is -3.41. The summed E-state index contributed by atoms with van der Waals surface area (Å²) in [5.74, 6) is 0. The summed E-state index contributed by atoms with van der Waals surface area (Å²) < 4.78 is 26.5. The fourth-order valence-electron chi connectivity index (χ4n) is 2.07. The van der Waals surface area contributed by atoms with E-state index in [1.165, 1.54) is 18.6 Å². The van der Waals surface area contributed by atoms with Gasteiger partial charge >= 0.3 is 0 Å². The smallest absolute Gasteiger partial charge is 0.240 e. The largest absolute Gasteiger partial charge is 0.314 e. The highest BCUT2D eigenvalue weighted by Gasteiger charge is 2.16. The predicted molar refractivity (Wildman–Crippen MR) is 72.3 cm³/mol. The van der Waals surface area contributed by atoms with Crippen LogP contribution in [0.25, 0.3) is 0 Å². The number of rotatable bonds is 5. The van der Waals surface area contributed by atoms with Gasteiger partial charge in [0, 0.05) is 17.6 Å². The summed E-state index contributed by atoms with van der Waals surface area (Å²) in [4.78, 5) is 0.256. The van der Waals surface area contributed by atoms with Gasteiger partial charge in [0.15, 0.2) is 0 Å². The zero-order valence-corrected chi connectivity index (χ0v) is 11.6. The zero-order valence-electron chi connectivity index (χ0n) is 10.0. The summed E-state index contributed by atoms with van der Waals surface area (Å²) in [6.45, 7) is 1.50. The fourth-order valence-corrected chi connectivity index (χ4v) is 3.24. The van der Waals surface area contributed by atoms with Crippen molar-refractivity contribution in [3.63, 3.8) is 0 Å². The lowest BCUT2D eigenvalue weighted by Crippen LogP contribution is -2.30. The molecule has 1 aromatic rings. The van der Waals surface area contributed by atoms with Gasteiger partial charge in [0.1, 0.15) is 0 Å². The third kappa shape index (κ3) is 3.68. The number of sulfonamides is 1. The van der Waals surface area contributed by atoms with Crippen LogP contribution in [0.3, 0.4) is 0 Å². The average Bonchev–Trinajstić information content (AvgIpc) is 2.82. The number of benzene rings is 1. The van der Waals surface area contributed by atoms with Gasteiger partial charge in [-0.3, -0.25) is 0 Å². The van der Waals surface area contributed by atoms with Gasteiger partial charge in [-0.2, -0.15) is 0 Å². The highest BCUT2D eigenvalue weighted by molar-refractivity contribution is 7.89. The van der Waals surface area contributed by atoms with Crippen LogP contribution >= 0.6 is 11.6 Å². The van der Waals surface area contributed by atoms with E-state index in [1.54, 1.807) is 12.1 Å². The SMILES string of the molecule is O=S(=O)(NCC[C@@H]1CCCN1)c1ccc(Cl)cc1. The van der Waals surface area contributed by atoms with E-state index in [2.05, 4.69) is 10.0 Å². The third-order valence-electron chi connectivity index (χ3n) is 3.07. The Balaban J connectivity index is 1.88. The molecule has 1 fully saturated rings. The molecule has 1 atom stereocenters. The molecule has 100 valence electrons. The summed E-state index contributed by atoms with van der Waals surface area (Å²) in [7, 11) is -3.41. The van der Waals surface area contributed by atoms with Crippen LogP contribution in [-0.2, 0) is 10.0 Å². The lowest BCUT2D eigenvalue weighted by molar-refractivity contribution is 0.539. The Kier molecular flexibility index (Phi) is 4.61. The van der Waals surface area contributed by atoms with Gasteiger partial charge in [-0.05, 0) is 50.1 Å². The van der Waals surface area contributed by atoms with Gasteiger partial charge in [-0.1, -0.05) is 11.6 Å². The third-order valence-corrected chi connectivity index (χ3v) is 4.80. The lowest BCUT2D eigenvalue weighted by atomic mass is 10.2. The van der Waals surface area contributed by atoms with Crippen molar-refractivity contribution in [1.82, 2.24) is 10.0 Å². The van der Waals surface area contributed by atoms with Crippen molar-refractivity contribution in [3.8, 4) is 0 Å². The first-order chi connectivity index (χ1) is 8.58. The van der Waals surface area contributed by atoms with Crippen molar-refractivity contribution in [2.24, 2.45) is 0 Å². The van der Waals surface area contributed by atoms with Crippen LogP contribution in [0.5, 0.6) is 0 Å². The molecule has 2 N–H and O–H groups in total. The van der Waals surface area contributed by atoms with Gasteiger partial charge in [0.2, 0.25) is 10.0 Å². The second-order valence-corrected chi connectivity index (χ2v) is 6.64. The van der Waals surface area contributed by atoms with Crippen LogP contribution in [0.4, 0.5) is 0 Å². The fraction of sp³-hybridized carbons (Fsp3) is 0.500. The van der Waals surface area contributed by atoms with E-state index in [-0.39, 0.29) is 4.90 Å². The highest BCUT2D eigenvalue weighted by Crippen LogP contribution is 2.14. The molecule has 1 saturated heterocycles. The van der Waals surface area contributed by atoms with Crippen LogP contribution in [-0.4, -0.2) is 27.5 Å². The maximum atomic E-state index is 11.9. The molecule has 2 rings (SSSR count). The molecule has 18 heavy (non-hydrogen) atoms. The topological polar surface area (TPSA) is 58.2 Å². The molecule has 0 bridgehead atoms. The molecule has 1 aliphatic rings. The molecule has 4 nitrogen and oxygen atoms in total. The van der Waals surface area contributed by atoms with Crippen LogP contribution in [0.2, 0.25) is 5.02 Å². The molecule has 0 spiro atoms. The first-order valence-corrected chi connectivity index (χ1v) is 7.93. The molecular formula is C12H17ClN2O2S. The second-order valence-electron chi connectivity index (χ2n) is 4.43. The van der Waals surface area contributed by atoms with Crippen molar-refractivity contribution in [1.29, 1.82) is 0 Å². The molecule has 0 amide bonds. The number of nitrogens with one attached hydrogen (secondary N) is 2. The lowest BCUT2D eigenvalue weighted by Gasteiger charge is -2.11. The van der Waals surface area contributed by atoms with Crippen molar-refractivity contribution < 1.29 is 8.42 Å². The number of hydrogen-bond acceptors (Lipinski definition) is 3. The van der Waals surface area contributed by atoms with E-state index in [0.717, 1.165) is 19.4 Å². The second kappa shape index (κ2) is 6.02. The minimum absolute atomic E-state index is 0.256. The quantitative estimate of drug-likeness (QED) is 0.868. The van der Waals surface area contributed by atoms with Gasteiger partial charge in [0.25, 0.3) is 0 Å². The molecule has 0 aliphatic carbocycles. The zero-order chi connectivity index (χ0) is 13.0. The average molecular weight is 289 g/mol. The van der Waals surface area contributed by atoms with Crippen molar-refractivity contribution >= 4 is 21.6 Å². The van der Waals surface area contributed by atoms with E-state index in [0.29, 0.717) is 17.6 Å². The first-order valence-electron chi connectivity index (χ1n) is 6.06. The van der Waals surface area contributed by atoms with Crippen molar-refractivity contribution in [2.75, 3.05) is 13.1 Å². The Bertz CT molecular complexity index is 481. The molecule has 0 radical (unpaired) electrons. The molecular weight excluding hydrogens is 272 g/mol. The molecule has 1 heterocycles. The Morgan fingerprint density at radius 2 is 2.06 bits per heavy atom. The highest BCUT2D eigenvalue weighted by atomic mass is 35.5. The Hall–Kier alpha value is -0.620. The van der Waals surface area contributed by atoms with E-state index < -0.39 is 10.0 Å². The Morgan fingerprint density at radius 1 is 1.33 bits per heavy atom. The van der Waals surface area contributed by atoms with Crippen molar-refractivity contribution in [2.45, 2.75) is 30.2 Å². The molecule has 6 heteroatoms. The molecule has 0 aromatic heterocycles. The van der Waals surface area contributed by atoms with Crippen LogP contribution in [0.1, 0.15) is 19.3 Å². The number of halogens is 1. The summed E-state index contributed by atoms with van der Waals surface area (Å²) >= 11 is 5.73. The normalized spacial score (nSPS) is 20.2. The summed E-state index contributed by atoms with van der Waals surface area (Å²) in [6, 6.07) is 6.62. The summed E-state index contributed by atoms with van der Waals surface area (Å²) in [5.41, 5.74) is 0. The molecule has 0 saturated carbocycles. The minimum Gasteiger partial charge on any atom is -0.314 e. The van der Waals surface area contributed by atoms with Crippen LogP contribution in [0.15, 0.2) is 29.2 Å². The van der Waals surface area contributed by atoms with Gasteiger partial charge in [0.05, 0.1) is 4.90 Å². The van der Waals surface area contributed by atoms with Gasteiger partial charge in [-0.15, -0.1) is 0 Å². The van der Waals surface area contributed by atoms with E-state index in [9.17, 15) is 8.42 Å². The summed E-state index contributed by atoms with van der Waals surface area (Å²) in [6.07, 6.45) is 3.13. The molecule has 1 aromatic carbocycles. The Morgan fingerprint density at radius 3 is 2.67 bits per heavy atom. The van der Waals surface area contributed by atoms with Gasteiger partial charge in [-0.25, -0.2) is 13.1 Å². The van der Waals surface area contributed by atoms with Gasteiger partial charge < -0.3 is 5.32 Å². The molecule has 1 aliphatic heterocycles. The predicted octanol–water partition coefficient (Wildman–Crippen LogP) is 1.76. The molecule has 0 unspecified atom stereocenters. The maximum Gasteiger partial charge on any atom is 0.240 e. The van der Waals surface area contributed by atoms with Crippen LogP contribution in [0, 0.1) is 0 Å². The monoisotopic (exact) mass is 288 g/mol. The Labute approximate surface area is 113 Å². The number of hydrogen-bond donors (Lipinski definition) is 2. The standard InChI is InChI=1S/C12H17ClN2O2S/c13-10-3-5-12(6-4-10)18(16,17)15-9-7-11-2-1-8-14-11/h3-6,11,14-15H,1-2,7-9H2/t11-/m0/s1. The van der Waals surface area contributed by atoms with E-state index in [1.807, 2.05) is 0 Å². The van der Waals surface area contributed by atoms with E-state index in [4.69, 9.17) is 11.6 Å². The van der Waals surface area contributed by atoms with Crippen LogP contribution < -0.4 is 10.0 Å². The van der Waals surface area contributed by atoms with E-state index >= 15 is 0 Å². The first kappa shape index (κ1) is 13.8.